The van der Waals surface area contributed by atoms with Gasteiger partial charge in [0.1, 0.15) is 23.2 Å². The Hall–Kier alpha value is -5.16. The molecular weight excluding hydrogens is 576 g/mol. The van der Waals surface area contributed by atoms with Gasteiger partial charge in [0, 0.05) is 17.7 Å². The van der Waals surface area contributed by atoms with E-state index in [1.54, 1.807) is 30.3 Å². The summed E-state index contributed by atoms with van der Waals surface area (Å²) in [4.78, 5) is 45.1. The van der Waals surface area contributed by atoms with Crippen LogP contribution in [0.1, 0.15) is 70.4 Å². The maximum Gasteiger partial charge on any atom is 0.360 e. The van der Waals surface area contributed by atoms with Crippen LogP contribution in [0, 0.1) is 5.92 Å². The van der Waals surface area contributed by atoms with E-state index in [9.17, 15) is 19.5 Å². The predicted molar refractivity (Wildman–Crippen MR) is 161 cm³/mol. The van der Waals surface area contributed by atoms with Crippen molar-refractivity contribution in [1.82, 2.24) is 15.6 Å². The number of ether oxygens (including phenoxy) is 2. The van der Waals surface area contributed by atoms with E-state index in [0.29, 0.717) is 16.9 Å². The Morgan fingerprint density at radius 2 is 1.80 bits per heavy atom. The van der Waals surface area contributed by atoms with Crippen LogP contribution in [0.5, 0.6) is 5.75 Å². The zero-order valence-corrected chi connectivity index (χ0v) is 24.9. The van der Waals surface area contributed by atoms with Crippen molar-refractivity contribution in [2.24, 2.45) is 5.92 Å². The first-order chi connectivity index (χ1) is 21.7. The fourth-order valence-corrected chi connectivity index (χ4v) is 6.58. The average molecular weight is 609 g/mol. The van der Waals surface area contributed by atoms with Crippen LogP contribution in [0.15, 0.2) is 77.2 Å². The van der Waals surface area contributed by atoms with Gasteiger partial charge in [-0.05, 0) is 34.7 Å². The van der Waals surface area contributed by atoms with Crippen LogP contribution in [0.3, 0.4) is 0 Å². The summed E-state index contributed by atoms with van der Waals surface area (Å²) >= 11 is 0. The number of nitrogens with zero attached hydrogens (tertiary/aromatic N) is 1. The minimum atomic E-state index is -1.48. The second kappa shape index (κ2) is 10.8. The van der Waals surface area contributed by atoms with Gasteiger partial charge in [-0.3, -0.25) is 9.59 Å². The number of rotatable bonds is 5. The molecule has 2 unspecified atom stereocenters. The van der Waals surface area contributed by atoms with Crippen molar-refractivity contribution < 1.29 is 33.4 Å². The summed E-state index contributed by atoms with van der Waals surface area (Å²) in [5.74, 6) is -1.19. The number of anilines is 1. The molecule has 5 atom stereocenters. The van der Waals surface area contributed by atoms with Gasteiger partial charge in [-0.25, -0.2) is 9.78 Å². The Bertz CT molecular complexity index is 1820. The third-order valence-corrected chi connectivity index (χ3v) is 8.79. The molecule has 0 saturated carbocycles. The number of aliphatic hydroxyl groups is 1. The molecule has 4 aromatic rings. The monoisotopic (exact) mass is 608 g/mol. The van der Waals surface area contributed by atoms with Gasteiger partial charge in [-0.2, -0.15) is 0 Å². The summed E-state index contributed by atoms with van der Waals surface area (Å²) in [6.07, 6.45) is -2.03. The summed E-state index contributed by atoms with van der Waals surface area (Å²) in [7, 11) is 1.28. The van der Waals surface area contributed by atoms with Crippen LogP contribution in [-0.2, 0) is 26.2 Å². The Morgan fingerprint density at radius 3 is 2.56 bits per heavy atom. The first-order valence-electron chi connectivity index (χ1n) is 14.8. The SMILES string of the molecule is COC(=O)c1nc2oc1C13c4ccccc4NC1Oc1ccc(cc13)C[C@H](NC(=O)[C@@H](O)c1ccccc1)C(=O)N[C@H]2C(C)C. The highest BCUT2D eigenvalue weighted by Crippen LogP contribution is 2.58. The molecule has 4 heterocycles. The number of methoxy groups -OCH3 is 1. The molecule has 4 N–H and O–H groups in total. The predicted octanol–water partition coefficient (Wildman–Crippen LogP) is 3.53. The third kappa shape index (κ3) is 4.45. The summed E-state index contributed by atoms with van der Waals surface area (Å²) in [5.41, 5.74) is 2.34. The van der Waals surface area contributed by atoms with Crippen LogP contribution in [0.4, 0.5) is 5.69 Å². The molecule has 11 heteroatoms. The number of para-hydroxylation sites is 1. The average Bonchev–Trinajstić information content (AvgIpc) is 3.71. The van der Waals surface area contributed by atoms with Crippen molar-refractivity contribution in [3.63, 3.8) is 0 Å². The zero-order valence-electron chi connectivity index (χ0n) is 24.9. The Morgan fingerprint density at radius 1 is 1.04 bits per heavy atom. The molecule has 45 heavy (non-hydrogen) atoms. The van der Waals surface area contributed by atoms with E-state index in [1.807, 2.05) is 56.3 Å². The van der Waals surface area contributed by atoms with Crippen molar-refractivity contribution in [3.8, 4) is 5.75 Å². The van der Waals surface area contributed by atoms with Crippen LogP contribution in [0.25, 0.3) is 0 Å². The number of hydrogen-bond donors (Lipinski definition) is 4. The smallest absolute Gasteiger partial charge is 0.360 e. The van der Waals surface area contributed by atoms with Crippen molar-refractivity contribution in [3.05, 3.63) is 112 Å². The Kier molecular flexibility index (Phi) is 6.85. The number of carbonyl (C=O) groups is 3. The van der Waals surface area contributed by atoms with Crippen molar-refractivity contribution in [2.45, 2.75) is 50.1 Å². The molecule has 7 rings (SSSR count). The quantitative estimate of drug-likeness (QED) is 0.249. The maximum atomic E-state index is 13.9. The molecule has 3 aliphatic heterocycles. The standard InChI is InChI=1S/C34H32N4O7/c1-17(2)25-31-38-26(32(42)43-3)28(45-31)34-20-11-7-8-12-22(20)36-33(34)44-24-14-13-18(15-21(24)34)16-23(29(40)37-25)35-30(41)27(39)19-9-5-4-6-10-19/h4-15,17,23,25,27,33,36,39H,16H2,1-3H3,(H,35,41)(H,37,40)/t23-,25-,27-,33?,34?/m0/s1. The zero-order chi connectivity index (χ0) is 31.5. The second-order valence-electron chi connectivity index (χ2n) is 11.9. The second-order valence-corrected chi connectivity index (χ2v) is 11.9. The number of fused-ring (bicyclic) bond motifs is 4. The number of esters is 1. The van der Waals surface area contributed by atoms with Gasteiger partial charge in [0.25, 0.3) is 5.91 Å². The van der Waals surface area contributed by atoms with E-state index < -0.39 is 47.6 Å². The van der Waals surface area contributed by atoms with Gasteiger partial charge >= 0.3 is 5.97 Å². The molecule has 0 aliphatic carbocycles. The van der Waals surface area contributed by atoms with Crippen molar-refractivity contribution >= 4 is 23.5 Å². The molecule has 1 aromatic heterocycles. The fraction of sp³-hybridized carbons (Fsp3) is 0.294. The number of amides is 2. The lowest BCUT2D eigenvalue weighted by atomic mass is 9.72. The number of hydrogen-bond acceptors (Lipinski definition) is 9. The third-order valence-electron chi connectivity index (χ3n) is 8.79. The van der Waals surface area contributed by atoms with Crippen LogP contribution >= 0.6 is 0 Å². The van der Waals surface area contributed by atoms with Crippen molar-refractivity contribution in [1.29, 1.82) is 0 Å². The summed E-state index contributed by atoms with van der Waals surface area (Å²) in [5, 5.41) is 20.0. The molecule has 0 fully saturated rings. The highest BCUT2D eigenvalue weighted by Gasteiger charge is 2.61. The minimum Gasteiger partial charge on any atom is -0.469 e. The number of nitrogens with one attached hydrogen (secondary N) is 3. The molecule has 0 saturated heterocycles. The van der Waals surface area contributed by atoms with E-state index in [-0.39, 0.29) is 29.7 Å². The number of aromatic nitrogens is 1. The van der Waals surface area contributed by atoms with Crippen LogP contribution in [-0.4, -0.2) is 47.3 Å². The van der Waals surface area contributed by atoms with Gasteiger partial charge in [0.2, 0.25) is 11.8 Å². The number of carbonyl (C=O) groups excluding carboxylic acids is 3. The lowest BCUT2D eigenvalue weighted by molar-refractivity contribution is -0.134. The molecule has 3 aliphatic rings. The van der Waals surface area contributed by atoms with E-state index in [1.165, 1.54) is 7.11 Å². The number of oxazole rings is 1. The number of benzene rings is 3. The summed E-state index contributed by atoms with van der Waals surface area (Å²) < 4.78 is 18.2. The van der Waals surface area contributed by atoms with Crippen molar-refractivity contribution in [2.75, 3.05) is 12.4 Å². The molecular formula is C34H32N4O7. The molecule has 3 aromatic carbocycles. The minimum absolute atomic E-state index is 0.0205. The van der Waals surface area contributed by atoms with Gasteiger partial charge < -0.3 is 34.9 Å². The van der Waals surface area contributed by atoms with E-state index in [4.69, 9.17) is 13.9 Å². The Labute approximate surface area is 258 Å². The molecule has 1 spiro atoms. The largest absolute Gasteiger partial charge is 0.469 e. The van der Waals surface area contributed by atoms with Gasteiger partial charge in [-0.15, -0.1) is 0 Å². The van der Waals surface area contributed by atoms with Gasteiger partial charge in [0.05, 0.1) is 7.11 Å². The first kappa shape index (κ1) is 28.6. The molecule has 0 radical (unpaired) electrons. The lowest BCUT2D eigenvalue weighted by Gasteiger charge is -2.29. The number of aliphatic hydroxyl groups excluding tert-OH is 1. The van der Waals surface area contributed by atoms with Gasteiger partial charge in [0.15, 0.2) is 23.8 Å². The molecule has 4 bridgehead atoms. The highest BCUT2D eigenvalue weighted by atomic mass is 16.5. The van der Waals surface area contributed by atoms with Crippen LogP contribution < -0.4 is 20.7 Å². The molecule has 2 amide bonds. The van der Waals surface area contributed by atoms with E-state index >= 15 is 0 Å². The fourth-order valence-electron chi connectivity index (χ4n) is 6.58. The lowest BCUT2D eigenvalue weighted by Crippen LogP contribution is -2.50. The highest BCUT2D eigenvalue weighted by molar-refractivity contribution is 5.92. The van der Waals surface area contributed by atoms with E-state index in [0.717, 1.165) is 16.8 Å². The summed E-state index contributed by atoms with van der Waals surface area (Å²) in [6.45, 7) is 3.77. The first-order valence-corrected chi connectivity index (χ1v) is 14.8. The van der Waals surface area contributed by atoms with Crippen LogP contribution in [0.2, 0.25) is 0 Å². The topological polar surface area (TPSA) is 152 Å². The van der Waals surface area contributed by atoms with E-state index in [2.05, 4.69) is 20.9 Å². The normalized spacial score (nSPS) is 23.3. The van der Waals surface area contributed by atoms with Gasteiger partial charge in [-0.1, -0.05) is 74.5 Å². The Balaban J connectivity index is 1.41. The molecule has 11 nitrogen and oxygen atoms in total. The maximum absolute atomic E-state index is 13.9. The summed E-state index contributed by atoms with van der Waals surface area (Å²) in [6, 6.07) is 19.9. The molecule has 230 valence electrons.